The summed E-state index contributed by atoms with van der Waals surface area (Å²) in [5, 5.41) is 12.1. The van der Waals surface area contributed by atoms with Crippen molar-refractivity contribution in [2.45, 2.75) is 13.3 Å². The predicted molar refractivity (Wildman–Crippen MR) is 90.5 cm³/mol. The number of amides is 1. The zero-order valence-corrected chi connectivity index (χ0v) is 13.7. The fourth-order valence-corrected chi connectivity index (χ4v) is 2.59. The monoisotopic (exact) mass is 312 g/mol. The Morgan fingerprint density at radius 1 is 1.26 bits per heavy atom. The van der Waals surface area contributed by atoms with E-state index < -0.39 is 0 Å². The largest absolute Gasteiger partial charge is 0.374 e. The van der Waals surface area contributed by atoms with Gasteiger partial charge in [-0.15, -0.1) is 0 Å². The normalized spacial score (nSPS) is 16.0. The molecular formula is C18H24N4O. The van der Waals surface area contributed by atoms with Gasteiger partial charge in [0.1, 0.15) is 11.6 Å². The van der Waals surface area contributed by atoms with E-state index in [1.165, 1.54) is 5.56 Å². The summed E-state index contributed by atoms with van der Waals surface area (Å²) in [5.41, 5.74) is 1.36. The van der Waals surface area contributed by atoms with E-state index in [-0.39, 0.29) is 11.5 Å². The number of carbonyl (C=O) groups is 1. The van der Waals surface area contributed by atoms with Crippen molar-refractivity contribution in [2.75, 3.05) is 39.3 Å². The number of nitrogens with zero attached hydrogens (tertiary/aromatic N) is 3. The second-order valence-corrected chi connectivity index (χ2v) is 5.62. The Morgan fingerprint density at radius 2 is 1.96 bits per heavy atom. The maximum absolute atomic E-state index is 12.1. The fourth-order valence-electron chi connectivity index (χ4n) is 2.59. The molecule has 2 rings (SSSR count). The molecule has 5 heteroatoms. The third-order valence-corrected chi connectivity index (χ3v) is 4.07. The Balaban J connectivity index is 1.81. The van der Waals surface area contributed by atoms with Crippen molar-refractivity contribution in [3.63, 3.8) is 0 Å². The SMILES string of the molecule is CCN1CCN(/C=C(/C#N)C(=O)NCCc2ccccc2)CC1. The van der Waals surface area contributed by atoms with Crippen LogP contribution in [0.1, 0.15) is 12.5 Å². The summed E-state index contributed by atoms with van der Waals surface area (Å²) in [6.45, 7) is 7.38. The molecule has 122 valence electrons. The van der Waals surface area contributed by atoms with Gasteiger partial charge in [-0.2, -0.15) is 5.26 Å². The molecule has 1 aromatic rings. The van der Waals surface area contributed by atoms with Gasteiger partial charge in [0.15, 0.2) is 0 Å². The van der Waals surface area contributed by atoms with Crippen molar-refractivity contribution < 1.29 is 4.79 Å². The van der Waals surface area contributed by atoms with E-state index >= 15 is 0 Å². The van der Waals surface area contributed by atoms with Gasteiger partial charge in [-0.1, -0.05) is 37.3 Å². The lowest BCUT2D eigenvalue weighted by Gasteiger charge is -2.33. The van der Waals surface area contributed by atoms with Gasteiger partial charge in [-0.05, 0) is 18.5 Å². The average Bonchev–Trinajstić information content (AvgIpc) is 2.61. The van der Waals surface area contributed by atoms with Crippen LogP contribution >= 0.6 is 0 Å². The number of rotatable bonds is 6. The number of carbonyl (C=O) groups excluding carboxylic acids is 1. The third-order valence-electron chi connectivity index (χ3n) is 4.07. The Kier molecular flexibility index (Phi) is 6.64. The van der Waals surface area contributed by atoms with Crippen LogP contribution in [0, 0.1) is 11.3 Å². The minimum Gasteiger partial charge on any atom is -0.374 e. The summed E-state index contributed by atoms with van der Waals surface area (Å²) >= 11 is 0. The topological polar surface area (TPSA) is 59.4 Å². The van der Waals surface area contributed by atoms with Crippen molar-refractivity contribution in [2.24, 2.45) is 0 Å². The Morgan fingerprint density at radius 3 is 2.57 bits per heavy atom. The summed E-state index contributed by atoms with van der Waals surface area (Å²) in [6.07, 6.45) is 2.46. The lowest BCUT2D eigenvalue weighted by Crippen LogP contribution is -2.44. The Labute approximate surface area is 138 Å². The van der Waals surface area contributed by atoms with Gasteiger partial charge in [0, 0.05) is 38.9 Å². The summed E-state index contributed by atoms with van der Waals surface area (Å²) in [4.78, 5) is 16.5. The molecule has 1 saturated heterocycles. The minimum absolute atomic E-state index is 0.183. The smallest absolute Gasteiger partial charge is 0.263 e. The van der Waals surface area contributed by atoms with E-state index in [0.29, 0.717) is 6.54 Å². The lowest BCUT2D eigenvalue weighted by atomic mass is 10.1. The average molecular weight is 312 g/mol. The summed E-state index contributed by atoms with van der Waals surface area (Å²) in [5.74, 6) is -0.290. The number of hydrogen-bond donors (Lipinski definition) is 1. The van der Waals surface area contributed by atoms with Crippen LogP contribution in [-0.4, -0.2) is 55.0 Å². The van der Waals surface area contributed by atoms with E-state index in [0.717, 1.165) is 39.1 Å². The second kappa shape index (κ2) is 8.96. The molecule has 1 aliphatic rings. The Bertz CT molecular complexity index is 568. The van der Waals surface area contributed by atoms with E-state index in [1.807, 2.05) is 36.4 Å². The van der Waals surface area contributed by atoms with Crippen LogP contribution in [-0.2, 0) is 11.2 Å². The first-order valence-corrected chi connectivity index (χ1v) is 8.13. The van der Waals surface area contributed by atoms with E-state index in [2.05, 4.69) is 22.0 Å². The number of hydrogen-bond acceptors (Lipinski definition) is 4. The van der Waals surface area contributed by atoms with E-state index in [4.69, 9.17) is 0 Å². The van der Waals surface area contributed by atoms with Crippen LogP contribution in [0.4, 0.5) is 0 Å². The van der Waals surface area contributed by atoms with Crippen molar-refractivity contribution in [1.82, 2.24) is 15.1 Å². The minimum atomic E-state index is -0.290. The standard InChI is InChI=1S/C18H24N4O/c1-2-21-10-12-22(13-11-21)15-17(14-19)18(23)20-9-8-16-6-4-3-5-7-16/h3-7,15H,2,8-13H2,1H3,(H,20,23)/b17-15-. The molecule has 0 saturated carbocycles. The van der Waals surface area contributed by atoms with Gasteiger partial charge in [0.2, 0.25) is 0 Å². The molecule has 23 heavy (non-hydrogen) atoms. The maximum Gasteiger partial charge on any atom is 0.263 e. The summed E-state index contributed by atoms with van der Waals surface area (Å²) in [7, 11) is 0. The number of piperazine rings is 1. The maximum atomic E-state index is 12.1. The molecule has 1 heterocycles. The van der Waals surface area contributed by atoms with Crippen molar-refractivity contribution in [3.8, 4) is 6.07 Å². The van der Waals surface area contributed by atoms with Crippen LogP contribution in [0.3, 0.4) is 0 Å². The van der Waals surface area contributed by atoms with Crippen LogP contribution < -0.4 is 5.32 Å². The number of likely N-dealkylation sites (N-methyl/N-ethyl adjacent to an activating group) is 1. The van der Waals surface area contributed by atoms with Crippen molar-refractivity contribution in [3.05, 3.63) is 47.7 Å². The highest BCUT2D eigenvalue weighted by atomic mass is 16.1. The number of nitrogens with one attached hydrogen (secondary N) is 1. The molecule has 0 atom stereocenters. The molecule has 0 bridgehead atoms. The van der Waals surface area contributed by atoms with Crippen LogP contribution in [0.2, 0.25) is 0 Å². The van der Waals surface area contributed by atoms with Crippen molar-refractivity contribution in [1.29, 1.82) is 5.26 Å². The predicted octanol–water partition coefficient (Wildman–Crippen LogP) is 1.39. The summed E-state index contributed by atoms with van der Waals surface area (Å²) < 4.78 is 0. The molecule has 1 aliphatic heterocycles. The second-order valence-electron chi connectivity index (χ2n) is 5.62. The molecule has 0 unspecified atom stereocenters. The third kappa shape index (κ3) is 5.42. The molecule has 1 aromatic carbocycles. The number of benzene rings is 1. The van der Waals surface area contributed by atoms with E-state index in [1.54, 1.807) is 6.20 Å². The molecule has 1 fully saturated rings. The first-order chi connectivity index (χ1) is 11.2. The molecule has 0 aliphatic carbocycles. The number of nitriles is 1. The van der Waals surface area contributed by atoms with Crippen molar-refractivity contribution >= 4 is 5.91 Å². The zero-order chi connectivity index (χ0) is 16.5. The lowest BCUT2D eigenvalue weighted by molar-refractivity contribution is -0.117. The van der Waals surface area contributed by atoms with E-state index in [9.17, 15) is 10.1 Å². The Hall–Kier alpha value is -2.32. The quantitative estimate of drug-likeness (QED) is 0.637. The molecule has 0 spiro atoms. The molecule has 1 amide bonds. The van der Waals surface area contributed by atoms with Gasteiger partial charge < -0.3 is 15.1 Å². The van der Waals surface area contributed by atoms with Gasteiger partial charge in [0.25, 0.3) is 5.91 Å². The van der Waals surface area contributed by atoms with Crippen LogP contribution in [0.15, 0.2) is 42.1 Å². The molecule has 1 N–H and O–H groups in total. The zero-order valence-electron chi connectivity index (χ0n) is 13.7. The highest BCUT2D eigenvalue weighted by molar-refractivity contribution is 5.97. The van der Waals surface area contributed by atoms with Gasteiger partial charge in [0.05, 0.1) is 0 Å². The molecule has 0 radical (unpaired) electrons. The van der Waals surface area contributed by atoms with Gasteiger partial charge >= 0.3 is 0 Å². The summed E-state index contributed by atoms with van der Waals surface area (Å²) in [6, 6.07) is 12.0. The molecular weight excluding hydrogens is 288 g/mol. The van der Waals surface area contributed by atoms with Crippen LogP contribution in [0.25, 0.3) is 0 Å². The van der Waals surface area contributed by atoms with Gasteiger partial charge in [-0.3, -0.25) is 4.79 Å². The van der Waals surface area contributed by atoms with Gasteiger partial charge in [-0.25, -0.2) is 0 Å². The molecule has 5 nitrogen and oxygen atoms in total. The first kappa shape index (κ1) is 17.0. The molecule has 0 aromatic heterocycles. The van der Waals surface area contributed by atoms with Crippen LogP contribution in [0.5, 0.6) is 0 Å². The highest BCUT2D eigenvalue weighted by Crippen LogP contribution is 2.05. The first-order valence-electron chi connectivity index (χ1n) is 8.13. The highest BCUT2D eigenvalue weighted by Gasteiger charge is 2.15. The fraction of sp³-hybridized carbons (Fsp3) is 0.444.